The zero-order valence-corrected chi connectivity index (χ0v) is 10.7. The number of sulfone groups is 1. The lowest BCUT2D eigenvalue weighted by molar-refractivity contribution is 0.432. The van der Waals surface area contributed by atoms with Gasteiger partial charge in [0.2, 0.25) is 0 Å². The zero-order chi connectivity index (χ0) is 13.3. The number of rotatable bonds is 2. The fourth-order valence-electron chi connectivity index (χ4n) is 1.91. The SMILES string of the molecule is CS(=O)(=O)C1CC(c2ccc(O)c(F)c2)=CCN1. The van der Waals surface area contributed by atoms with Crippen molar-refractivity contribution in [2.24, 2.45) is 0 Å². The second-order valence-corrected chi connectivity index (χ2v) is 6.55. The van der Waals surface area contributed by atoms with E-state index in [0.29, 0.717) is 18.5 Å². The fourth-order valence-corrected chi connectivity index (χ4v) is 2.80. The Labute approximate surface area is 105 Å². The van der Waals surface area contributed by atoms with E-state index in [1.54, 1.807) is 6.07 Å². The minimum absolute atomic E-state index is 0.295. The van der Waals surface area contributed by atoms with Crippen LogP contribution >= 0.6 is 0 Å². The van der Waals surface area contributed by atoms with Gasteiger partial charge in [-0.25, -0.2) is 12.8 Å². The van der Waals surface area contributed by atoms with Crippen LogP contribution in [-0.4, -0.2) is 31.7 Å². The van der Waals surface area contributed by atoms with E-state index in [0.717, 1.165) is 5.57 Å². The maximum absolute atomic E-state index is 13.3. The van der Waals surface area contributed by atoms with E-state index in [2.05, 4.69) is 5.32 Å². The molecule has 0 radical (unpaired) electrons. The van der Waals surface area contributed by atoms with E-state index < -0.39 is 26.8 Å². The Bertz CT molecular complexity index is 595. The minimum Gasteiger partial charge on any atom is -0.505 e. The Morgan fingerprint density at radius 3 is 2.78 bits per heavy atom. The summed E-state index contributed by atoms with van der Waals surface area (Å²) >= 11 is 0. The number of halogens is 1. The number of hydrogen-bond donors (Lipinski definition) is 2. The van der Waals surface area contributed by atoms with E-state index in [1.165, 1.54) is 18.4 Å². The summed E-state index contributed by atoms with van der Waals surface area (Å²) in [5.74, 6) is -1.12. The number of hydrogen-bond acceptors (Lipinski definition) is 4. The van der Waals surface area contributed by atoms with Crippen molar-refractivity contribution in [3.63, 3.8) is 0 Å². The first-order valence-corrected chi connectivity index (χ1v) is 7.43. The Hall–Kier alpha value is -1.40. The molecule has 1 aliphatic rings. The van der Waals surface area contributed by atoms with Crippen LogP contribution in [0, 0.1) is 5.82 Å². The van der Waals surface area contributed by atoms with Crippen molar-refractivity contribution in [2.75, 3.05) is 12.8 Å². The van der Waals surface area contributed by atoms with Crippen LogP contribution in [0.3, 0.4) is 0 Å². The van der Waals surface area contributed by atoms with Crippen LogP contribution in [0.2, 0.25) is 0 Å². The molecule has 1 aromatic carbocycles. The predicted molar refractivity (Wildman–Crippen MR) is 67.3 cm³/mol. The summed E-state index contributed by atoms with van der Waals surface area (Å²) in [5, 5.41) is 11.4. The van der Waals surface area contributed by atoms with Gasteiger partial charge in [-0.2, -0.15) is 0 Å². The van der Waals surface area contributed by atoms with Gasteiger partial charge in [-0.05, 0) is 23.3 Å². The molecule has 1 unspecified atom stereocenters. The lowest BCUT2D eigenvalue weighted by Gasteiger charge is -2.23. The molecule has 1 atom stereocenters. The molecule has 0 fully saturated rings. The quantitative estimate of drug-likeness (QED) is 0.850. The van der Waals surface area contributed by atoms with Crippen molar-refractivity contribution >= 4 is 15.4 Å². The number of nitrogens with one attached hydrogen (secondary N) is 1. The minimum atomic E-state index is -3.18. The van der Waals surface area contributed by atoms with Crippen molar-refractivity contribution in [3.05, 3.63) is 35.7 Å². The molecule has 0 aromatic heterocycles. The molecule has 1 aromatic rings. The van der Waals surface area contributed by atoms with Crippen LogP contribution in [0.4, 0.5) is 4.39 Å². The summed E-state index contributed by atoms with van der Waals surface area (Å²) in [6.07, 6.45) is 3.29. The molecule has 0 saturated carbocycles. The maximum atomic E-state index is 13.3. The average Bonchev–Trinajstić information content (AvgIpc) is 2.32. The number of benzene rings is 1. The molecule has 0 aliphatic carbocycles. The second kappa shape index (κ2) is 4.70. The van der Waals surface area contributed by atoms with Gasteiger partial charge in [0.15, 0.2) is 21.4 Å². The highest BCUT2D eigenvalue weighted by atomic mass is 32.2. The summed E-state index contributed by atoms with van der Waals surface area (Å²) in [7, 11) is -3.18. The third-order valence-corrected chi connectivity index (χ3v) is 4.30. The summed E-state index contributed by atoms with van der Waals surface area (Å²) in [5.41, 5.74) is 1.36. The van der Waals surface area contributed by atoms with E-state index >= 15 is 0 Å². The highest BCUT2D eigenvalue weighted by molar-refractivity contribution is 7.91. The molecule has 98 valence electrons. The van der Waals surface area contributed by atoms with Crippen molar-refractivity contribution in [3.8, 4) is 5.75 Å². The van der Waals surface area contributed by atoms with Gasteiger partial charge in [0.05, 0.1) is 0 Å². The molecule has 0 saturated heterocycles. The van der Waals surface area contributed by atoms with Crippen molar-refractivity contribution < 1.29 is 17.9 Å². The Balaban J connectivity index is 2.29. The summed E-state index contributed by atoms with van der Waals surface area (Å²) in [6.45, 7) is 0.426. The van der Waals surface area contributed by atoms with E-state index in [-0.39, 0.29) is 0 Å². The highest BCUT2D eigenvalue weighted by Gasteiger charge is 2.24. The summed E-state index contributed by atoms with van der Waals surface area (Å²) in [6, 6.07) is 4.06. The Morgan fingerprint density at radius 2 is 2.17 bits per heavy atom. The van der Waals surface area contributed by atoms with Gasteiger partial charge in [-0.3, -0.25) is 5.32 Å². The van der Waals surface area contributed by atoms with Gasteiger partial charge in [-0.15, -0.1) is 0 Å². The molecule has 6 heteroatoms. The van der Waals surface area contributed by atoms with Crippen molar-refractivity contribution in [2.45, 2.75) is 11.8 Å². The Morgan fingerprint density at radius 1 is 1.44 bits per heavy atom. The molecule has 4 nitrogen and oxygen atoms in total. The molecular formula is C12H14FNO3S. The van der Waals surface area contributed by atoms with Crippen molar-refractivity contribution in [1.29, 1.82) is 0 Å². The Kier molecular flexibility index (Phi) is 3.41. The van der Waals surface area contributed by atoms with Gasteiger partial charge in [0.25, 0.3) is 0 Å². The number of phenols is 1. The molecule has 1 heterocycles. The topological polar surface area (TPSA) is 66.4 Å². The van der Waals surface area contributed by atoms with Gasteiger partial charge in [-0.1, -0.05) is 12.1 Å². The molecule has 0 spiro atoms. The molecular weight excluding hydrogens is 257 g/mol. The largest absolute Gasteiger partial charge is 0.505 e. The van der Waals surface area contributed by atoms with Gasteiger partial charge in [0, 0.05) is 19.2 Å². The van der Waals surface area contributed by atoms with Crippen LogP contribution in [0.15, 0.2) is 24.3 Å². The van der Waals surface area contributed by atoms with Crippen LogP contribution in [-0.2, 0) is 9.84 Å². The smallest absolute Gasteiger partial charge is 0.165 e. The summed E-state index contributed by atoms with van der Waals surface area (Å²) < 4.78 is 36.2. The lowest BCUT2D eigenvalue weighted by atomic mass is 10.00. The first-order valence-electron chi connectivity index (χ1n) is 5.48. The molecule has 1 aliphatic heterocycles. The van der Waals surface area contributed by atoms with Gasteiger partial charge >= 0.3 is 0 Å². The molecule has 2 N–H and O–H groups in total. The lowest BCUT2D eigenvalue weighted by Crippen LogP contribution is -2.38. The summed E-state index contributed by atoms with van der Waals surface area (Å²) in [4.78, 5) is 0. The average molecular weight is 271 g/mol. The third kappa shape index (κ3) is 2.70. The van der Waals surface area contributed by atoms with Gasteiger partial charge < -0.3 is 5.11 Å². The molecule has 0 bridgehead atoms. The van der Waals surface area contributed by atoms with E-state index in [1.807, 2.05) is 6.08 Å². The van der Waals surface area contributed by atoms with Crippen LogP contribution in [0.5, 0.6) is 5.75 Å². The standard InChI is InChI=1S/C12H14FNO3S/c1-18(16,17)12-7-9(4-5-14-12)8-2-3-11(15)10(13)6-8/h2-4,6,12,14-15H,5,7H2,1H3. The van der Waals surface area contributed by atoms with Crippen LogP contribution < -0.4 is 5.32 Å². The zero-order valence-electron chi connectivity index (χ0n) is 9.85. The molecule has 18 heavy (non-hydrogen) atoms. The highest BCUT2D eigenvalue weighted by Crippen LogP contribution is 2.27. The van der Waals surface area contributed by atoms with E-state index in [9.17, 15) is 12.8 Å². The normalized spacial score (nSPS) is 20.6. The monoisotopic (exact) mass is 271 g/mol. The molecule has 0 amide bonds. The fraction of sp³-hybridized carbons (Fsp3) is 0.333. The van der Waals surface area contributed by atoms with Crippen LogP contribution in [0.1, 0.15) is 12.0 Å². The van der Waals surface area contributed by atoms with E-state index in [4.69, 9.17) is 5.11 Å². The van der Waals surface area contributed by atoms with Crippen LogP contribution in [0.25, 0.3) is 5.57 Å². The molecule has 2 rings (SSSR count). The predicted octanol–water partition coefficient (Wildman–Crippen LogP) is 1.28. The third-order valence-electron chi connectivity index (χ3n) is 2.93. The van der Waals surface area contributed by atoms with Crippen molar-refractivity contribution in [1.82, 2.24) is 5.32 Å². The number of phenolic OH excluding ortho intramolecular Hbond substituents is 1. The first-order chi connectivity index (χ1) is 8.38. The second-order valence-electron chi connectivity index (χ2n) is 4.33. The van der Waals surface area contributed by atoms with Gasteiger partial charge in [0.1, 0.15) is 5.37 Å². The maximum Gasteiger partial charge on any atom is 0.165 e. The number of aromatic hydroxyl groups is 1. The first kappa shape index (κ1) is 13.0.